The maximum Gasteiger partial charge on any atom is 0.163 e. The smallest absolute Gasteiger partial charge is 0.163 e. The van der Waals surface area contributed by atoms with Crippen molar-refractivity contribution in [3.8, 4) is 11.5 Å². The molecule has 3 saturated heterocycles. The predicted molar refractivity (Wildman–Crippen MR) is 121 cm³/mol. The average Bonchev–Trinajstić information content (AvgIpc) is 3.36. The van der Waals surface area contributed by atoms with Gasteiger partial charge in [0.2, 0.25) is 0 Å². The van der Waals surface area contributed by atoms with E-state index >= 15 is 0 Å². The molecule has 0 aliphatic carbocycles. The summed E-state index contributed by atoms with van der Waals surface area (Å²) in [6.45, 7) is 6.88. The van der Waals surface area contributed by atoms with Crippen LogP contribution in [-0.2, 0) is 4.74 Å². The standard InChI is InChI=1S/C24H30N4O3/c1-29-20-13-17-19(14-21(20)31-12-4-10-27-8-2-3-9-27)26-18-5-7-25-23(22(17)18)28-11-6-24(28)15-30-16-24/h5,7,13-14,26H,2-4,6,8-12,15-16H2,1H3. The fraction of sp³-hybridized carbons (Fsp3) is 0.542. The van der Waals surface area contributed by atoms with Gasteiger partial charge in [0.25, 0.3) is 0 Å². The Bertz CT molecular complexity index is 1100. The van der Waals surface area contributed by atoms with Crippen molar-refractivity contribution in [1.82, 2.24) is 14.9 Å². The Morgan fingerprint density at radius 2 is 2.00 bits per heavy atom. The van der Waals surface area contributed by atoms with Gasteiger partial charge in [-0.05, 0) is 50.9 Å². The molecule has 2 aromatic heterocycles. The predicted octanol–water partition coefficient (Wildman–Crippen LogP) is 3.57. The van der Waals surface area contributed by atoms with Crippen LogP contribution in [0.25, 0.3) is 21.8 Å². The number of anilines is 1. The molecule has 3 aromatic rings. The summed E-state index contributed by atoms with van der Waals surface area (Å²) in [5.74, 6) is 2.61. The van der Waals surface area contributed by atoms with E-state index in [0.717, 1.165) is 71.8 Å². The number of ether oxygens (including phenoxy) is 3. The monoisotopic (exact) mass is 422 g/mol. The third-order valence-electron chi connectivity index (χ3n) is 7.22. The fourth-order valence-electron chi connectivity index (χ4n) is 5.30. The van der Waals surface area contributed by atoms with Crippen molar-refractivity contribution in [3.63, 3.8) is 0 Å². The Balaban J connectivity index is 1.29. The van der Waals surface area contributed by atoms with Gasteiger partial charge in [0.15, 0.2) is 11.5 Å². The molecule has 5 heterocycles. The Labute approximate surface area is 182 Å². The molecule has 1 spiro atoms. The molecule has 3 fully saturated rings. The van der Waals surface area contributed by atoms with E-state index in [1.54, 1.807) is 7.11 Å². The minimum atomic E-state index is 0.146. The molecule has 31 heavy (non-hydrogen) atoms. The van der Waals surface area contributed by atoms with Crippen molar-refractivity contribution >= 4 is 27.6 Å². The summed E-state index contributed by atoms with van der Waals surface area (Å²) in [5.41, 5.74) is 2.29. The lowest BCUT2D eigenvalue weighted by Crippen LogP contribution is -2.71. The first-order valence-corrected chi connectivity index (χ1v) is 11.5. The van der Waals surface area contributed by atoms with E-state index in [1.165, 1.54) is 32.4 Å². The van der Waals surface area contributed by atoms with Gasteiger partial charge in [-0.3, -0.25) is 0 Å². The van der Waals surface area contributed by atoms with Crippen LogP contribution in [0.15, 0.2) is 24.4 Å². The van der Waals surface area contributed by atoms with E-state index in [2.05, 4.69) is 26.9 Å². The van der Waals surface area contributed by atoms with Crippen LogP contribution in [-0.4, -0.2) is 73.5 Å². The largest absolute Gasteiger partial charge is 0.493 e. The normalized spacial score (nSPS) is 20.4. The van der Waals surface area contributed by atoms with Gasteiger partial charge in [-0.2, -0.15) is 0 Å². The Hall–Kier alpha value is -2.51. The number of benzene rings is 1. The molecule has 3 aliphatic rings. The van der Waals surface area contributed by atoms with Crippen LogP contribution in [0.3, 0.4) is 0 Å². The SMILES string of the molecule is COc1cc2c(cc1OCCCN1CCCC1)[nH]c1ccnc(N3CCC34COC4)c12. The first-order valence-electron chi connectivity index (χ1n) is 11.5. The molecule has 0 radical (unpaired) electrons. The summed E-state index contributed by atoms with van der Waals surface area (Å²) in [7, 11) is 1.71. The van der Waals surface area contributed by atoms with Crippen LogP contribution >= 0.6 is 0 Å². The van der Waals surface area contributed by atoms with E-state index in [4.69, 9.17) is 19.2 Å². The van der Waals surface area contributed by atoms with Crippen molar-refractivity contribution < 1.29 is 14.2 Å². The molecule has 0 unspecified atom stereocenters. The van der Waals surface area contributed by atoms with Crippen LogP contribution in [0.4, 0.5) is 5.82 Å². The number of hydrogen-bond acceptors (Lipinski definition) is 6. The molecule has 3 aliphatic heterocycles. The molecule has 0 amide bonds. The van der Waals surface area contributed by atoms with Gasteiger partial charge in [-0.1, -0.05) is 0 Å². The number of hydrogen-bond donors (Lipinski definition) is 1. The zero-order valence-electron chi connectivity index (χ0n) is 18.2. The van der Waals surface area contributed by atoms with Gasteiger partial charge >= 0.3 is 0 Å². The molecule has 1 aromatic carbocycles. The number of H-pyrrole nitrogens is 1. The summed E-state index contributed by atoms with van der Waals surface area (Å²) in [4.78, 5) is 13.3. The number of aromatic nitrogens is 2. The number of aromatic amines is 1. The number of fused-ring (bicyclic) bond motifs is 3. The highest BCUT2D eigenvalue weighted by molar-refractivity contribution is 6.13. The Kier molecular flexibility index (Phi) is 4.69. The summed E-state index contributed by atoms with van der Waals surface area (Å²) in [6, 6.07) is 6.22. The molecule has 0 atom stereocenters. The zero-order valence-corrected chi connectivity index (χ0v) is 18.2. The number of rotatable bonds is 7. The van der Waals surface area contributed by atoms with Gasteiger partial charge in [0, 0.05) is 30.7 Å². The number of methoxy groups -OCH3 is 1. The third kappa shape index (κ3) is 3.13. The van der Waals surface area contributed by atoms with E-state index in [1.807, 2.05) is 12.3 Å². The maximum atomic E-state index is 6.15. The second-order valence-electron chi connectivity index (χ2n) is 9.10. The maximum absolute atomic E-state index is 6.15. The van der Waals surface area contributed by atoms with E-state index < -0.39 is 0 Å². The molecule has 7 nitrogen and oxygen atoms in total. The highest BCUT2D eigenvalue weighted by Crippen LogP contribution is 2.45. The van der Waals surface area contributed by atoms with E-state index in [9.17, 15) is 0 Å². The molecular weight excluding hydrogens is 392 g/mol. The minimum absolute atomic E-state index is 0.146. The first kappa shape index (κ1) is 19.2. The van der Waals surface area contributed by atoms with E-state index in [0.29, 0.717) is 6.61 Å². The molecule has 0 bridgehead atoms. The Morgan fingerprint density at radius 1 is 1.13 bits per heavy atom. The number of nitrogens with one attached hydrogen (secondary N) is 1. The van der Waals surface area contributed by atoms with E-state index in [-0.39, 0.29) is 5.54 Å². The molecule has 7 heteroatoms. The lowest BCUT2D eigenvalue weighted by Gasteiger charge is -2.58. The lowest BCUT2D eigenvalue weighted by molar-refractivity contribution is -0.0849. The van der Waals surface area contributed by atoms with Crippen molar-refractivity contribution in [1.29, 1.82) is 0 Å². The fourth-order valence-corrected chi connectivity index (χ4v) is 5.30. The van der Waals surface area contributed by atoms with Crippen LogP contribution in [0, 0.1) is 0 Å². The van der Waals surface area contributed by atoms with Gasteiger partial charge in [-0.15, -0.1) is 0 Å². The summed E-state index contributed by atoms with van der Waals surface area (Å²) in [5, 5.41) is 2.28. The second kappa shape index (κ2) is 7.57. The molecular formula is C24H30N4O3. The molecule has 6 rings (SSSR count). The average molecular weight is 423 g/mol. The second-order valence-corrected chi connectivity index (χ2v) is 9.10. The Morgan fingerprint density at radius 3 is 2.71 bits per heavy atom. The highest BCUT2D eigenvalue weighted by atomic mass is 16.5. The van der Waals surface area contributed by atoms with Crippen LogP contribution < -0.4 is 14.4 Å². The summed E-state index contributed by atoms with van der Waals surface area (Å²) < 4.78 is 17.4. The zero-order chi connectivity index (χ0) is 20.8. The number of nitrogens with zero attached hydrogens (tertiary/aromatic N) is 3. The van der Waals surface area contributed by atoms with Crippen molar-refractivity contribution in [2.75, 3.05) is 58.0 Å². The van der Waals surface area contributed by atoms with Crippen LogP contribution in [0.1, 0.15) is 25.7 Å². The van der Waals surface area contributed by atoms with Gasteiger partial charge in [0.1, 0.15) is 5.82 Å². The molecule has 0 saturated carbocycles. The summed E-state index contributed by atoms with van der Waals surface area (Å²) in [6.07, 6.45) is 6.75. The lowest BCUT2D eigenvalue weighted by atomic mass is 9.82. The minimum Gasteiger partial charge on any atom is -0.493 e. The third-order valence-corrected chi connectivity index (χ3v) is 7.22. The van der Waals surface area contributed by atoms with Crippen LogP contribution in [0.5, 0.6) is 11.5 Å². The quantitative estimate of drug-likeness (QED) is 0.588. The summed E-state index contributed by atoms with van der Waals surface area (Å²) >= 11 is 0. The highest BCUT2D eigenvalue weighted by Gasteiger charge is 2.51. The van der Waals surface area contributed by atoms with Crippen molar-refractivity contribution in [2.24, 2.45) is 0 Å². The van der Waals surface area contributed by atoms with Crippen LogP contribution in [0.2, 0.25) is 0 Å². The number of likely N-dealkylation sites (tertiary alicyclic amines) is 1. The first-order chi connectivity index (χ1) is 15.3. The van der Waals surface area contributed by atoms with Gasteiger partial charge < -0.3 is 29.0 Å². The molecule has 164 valence electrons. The van der Waals surface area contributed by atoms with Crippen molar-refractivity contribution in [2.45, 2.75) is 31.2 Å². The molecule has 1 N–H and O–H groups in total. The number of pyridine rings is 1. The van der Waals surface area contributed by atoms with Gasteiger partial charge in [0.05, 0.1) is 48.9 Å². The van der Waals surface area contributed by atoms with Gasteiger partial charge in [-0.25, -0.2) is 4.98 Å². The topological polar surface area (TPSA) is 62.9 Å². The van der Waals surface area contributed by atoms with Crippen molar-refractivity contribution in [3.05, 3.63) is 24.4 Å².